The fourth-order valence-corrected chi connectivity index (χ4v) is 2.53. The highest BCUT2D eigenvalue weighted by Crippen LogP contribution is 2.18. The largest absolute Gasteiger partial charge is 0.462 e. The number of nitrogens with one attached hydrogen (secondary N) is 1. The lowest BCUT2D eigenvalue weighted by atomic mass is 10.1. The molecule has 2 heterocycles. The molecule has 0 bridgehead atoms. The van der Waals surface area contributed by atoms with Gasteiger partial charge in [-0.15, -0.1) is 0 Å². The second-order valence-electron chi connectivity index (χ2n) is 5.05. The predicted molar refractivity (Wildman–Crippen MR) is 78.9 cm³/mol. The maximum absolute atomic E-state index is 11.8. The summed E-state index contributed by atoms with van der Waals surface area (Å²) in [5.41, 5.74) is 0.514. The Labute approximate surface area is 120 Å². The number of esters is 1. The molecule has 0 radical (unpaired) electrons. The van der Waals surface area contributed by atoms with Crippen molar-refractivity contribution in [3.05, 3.63) is 23.9 Å². The predicted octanol–water partition coefficient (Wildman–Crippen LogP) is 2.01. The first kappa shape index (κ1) is 14.8. The van der Waals surface area contributed by atoms with Crippen LogP contribution in [-0.4, -0.2) is 48.6 Å². The first-order chi connectivity index (χ1) is 9.74. The Balaban J connectivity index is 1.94. The van der Waals surface area contributed by atoms with Gasteiger partial charge in [0.15, 0.2) is 0 Å². The number of hydrogen-bond acceptors (Lipinski definition) is 5. The Morgan fingerprint density at radius 1 is 1.55 bits per heavy atom. The second kappa shape index (κ2) is 7.24. The highest BCUT2D eigenvalue weighted by molar-refractivity contribution is 5.94. The Morgan fingerprint density at radius 3 is 3.10 bits per heavy atom. The monoisotopic (exact) mass is 277 g/mol. The maximum Gasteiger partial charge on any atom is 0.341 e. The third-order valence-corrected chi connectivity index (χ3v) is 3.68. The molecule has 110 valence electrons. The summed E-state index contributed by atoms with van der Waals surface area (Å²) >= 11 is 0. The van der Waals surface area contributed by atoms with E-state index in [1.54, 1.807) is 25.3 Å². The zero-order valence-electron chi connectivity index (χ0n) is 12.3. The molecular weight excluding hydrogens is 254 g/mol. The molecule has 1 aliphatic rings. The number of pyridine rings is 1. The van der Waals surface area contributed by atoms with Crippen molar-refractivity contribution in [2.24, 2.45) is 5.92 Å². The zero-order valence-corrected chi connectivity index (χ0v) is 12.3. The van der Waals surface area contributed by atoms with Gasteiger partial charge < -0.3 is 15.0 Å². The van der Waals surface area contributed by atoms with E-state index in [1.165, 1.54) is 6.42 Å². The highest BCUT2D eigenvalue weighted by atomic mass is 16.5. The molecule has 0 amide bonds. The number of likely N-dealkylation sites (tertiary alicyclic amines) is 1. The van der Waals surface area contributed by atoms with Gasteiger partial charge in [0, 0.05) is 19.3 Å². The lowest BCUT2D eigenvalue weighted by Gasteiger charge is -2.15. The van der Waals surface area contributed by atoms with E-state index < -0.39 is 0 Å². The zero-order chi connectivity index (χ0) is 14.4. The number of nitrogens with zero attached hydrogens (tertiary/aromatic N) is 2. The molecule has 1 N–H and O–H groups in total. The van der Waals surface area contributed by atoms with Gasteiger partial charge >= 0.3 is 5.97 Å². The summed E-state index contributed by atoms with van der Waals surface area (Å²) in [7, 11) is 0. The number of anilines is 1. The molecule has 1 unspecified atom stereocenters. The van der Waals surface area contributed by atoms with Crippen LogP contribution in [0.25, 0.3) is 0 Å². The molecular formula is C15H23N3O2. The van der Waals surface area contributed by atoms with Crippen LogP contribution >= 0.6 is 0 Å². The van der Waals surface area contributed by atoms with E-state index in [1.807, 2.05) is 0 Å². The SMILES string of the molecule is CCOC(=O)c1cccnc1NCC1CCN(CC)C1. The smallest absolute Gasteiger partial charge is 0.341 e. The summed E-state index contributed by atoms with van der Waals surface area (Å²) in [6, 6.07) is 3.51. The van der Waals surface area contributed by atoms with Gasteiger partial charge in [-0.3, -0.25) is 0 Å². The lowest BCUT2D eigenvalue weighted by Crippen LogP contribution is -2.23. The van der Waals surface area contributed by atoms with Gasteiger partial charge in [0.25, 0.3) is 0 Å². The van der Waals surface area contributed by atoms with Crippen LogP contribution in [0.5, 0.6) is 0 Å². The van der Waals surface area contributed by atoms with Crippen LogP contribution in [0.3, 0.4) is 0 Å². The van der Waals surface area contributed by atoms with Crippen LogP contribution in [0.2, 0.25) is 0 Å². The van der Waals surface area contributed by atoms with Crippen molar-refractivity contribution in [1.29, 1.82) is 0 Å². The summed E-state index contributed by atoms with van der Waals surface area (Å²) in [4.78, 5) is 18.5. The van der Waals surface area contributed by atoms with Gasteiger partial charge in [-0.2, -0.15) is 0 Å². The van der Waals surface area contributed by atoms with Crippen LogP contribution < -0.4 is 5.32 Å². The first-order valence-electron chi connectivity index (χ1n) is 7.33. The Bertz CT molecular complexity index is 450. The summed E-state index contributed by atoms with van der Waals surface area (Å²) < 4.78 is 5.05. The van der Waals surface area contributed by atoms with Crippen molar-refractivity contribution in [3.63, 3.8) is 0 Å². The van der Waals surface area contributed by atoms with Gasteiger partial charge in [-0.05, 0) is 44.5 Å². The van der Waals surface area contributed by atoms with E-state index >= 15 is 0 Å². The fourth-order valence-electron chi connectivity index (χ4n) is 2.53. The molecule has 1 aromatic rings. The summed E-state index contributed by atoms with van der Waals surface area (Å²) in [5.74, 6) is 0.928. The minimum absolute atomic E-state index is 0.315. The van der Waals surface area contributed by atoms with E-state index in [0.717, 1.165) is 26.2 Å². The number of carbonyl (C=O) groups is 1. The molecule has 2 rings (SSSR count). The van der Waals surface area contributed by atoms with Gasteiger partial charge in [0.2, 0.25) is 0 Å². The molecule has 0 saturated carbocycles. The Kier molecular flexibility index (Phi) is 5.35. The molecule has 20 heavy (non-hydrogen) atoms. The highest BCUT2D eigenvalue weighted by Gasteiger charge is 2.21. The normalized spacial score (nSPS) is 19.0. The first-order valence-corrected chi connectivity index (χ1v) is 7.33. The number of carbonyl (C=O) groups excluding carboxylic acids is 1. The molecule has 1 saturated heterocycles. The summed E-state index contributed by atoms with van der Waals surface area (Å²) in [5, 5.41) is 3.30. The Morgan fingerprint density at radius 2 is 2.40 bits per heavy atom. The van der Waals surface area contributed by atoms with Crippen molar-refractivity contribution in [2.45, 2.75) is 20.3 Å². The van der Waals surface area contributed by atoms with E-state index in [4.69, 9.17) is 4.74 Å². The molecule has 0 spiro atoms. The topological polar surface area (TPSA) is 54.5 Å². The van der Waals surface area contributed by atoms with Crippen molar-refractivity contribution >= 4 is 11.8 Å². The maximum atomic E-state index is 11.8. The van der Waals surface area contributed by atoms with Gasteiger partial charge in [-0.1, -0.05) is 6.92 Å². The van der Waals surface area contributed by atoms with Gasteiger partial charge in [-0.25, -0.2) is 9.78 Å². The van der Waals surface area contributed by atoms with Crippen molar-refractivity contribution in [3.8, 4) is 0 Å². The van der Waals surface area contributed by atoms with Crippen LogP contribution in [0.1, 0.15) is 30.6 Å². The average Bonchev–Trinajstić information content (AvgIpc) is 2.93. The third kappa shape index (κ3) is 3.70. The third-order valence-electron chi connectivity index (χ3n) is 3.68. The summed E-state index contributed by atoms with van der Waals surface area (Å²) in [6.07, 6.45) is 2.89. The summed E-state index contributed by atoms with van der Waals surface area (Å²) in [6.45, 7) is 8.60. The molecule has 1 aromatic heterocycles. The van der Waals surface area contributed by atoms with Crippen molar-refractivity contribution in [2.75, 3.05) is 38.1 Å². The molecule has 1 atom stereocenters. The number of rotatable bonds is 6. The van der Waals surface area contributed by atoms with Crippen LogP contribution in [0, 0.1) is 5.92 Å². The minimum atomic E-state index is -0.315. The molecule has 5 heteroatoms. The van der Waals surface area contributed by atoms with E-state index in [9.17, 15) is 4.79 Å². The molecule has 0 aromatic carbocycles. The van der Waals surface area contributed by atoms with Gasteiger partial charge in [0.05, 0.1) is 6.61 Å². The van der Waals surface area contributed by atoms with E-state index in [2.05, 4.69) is 22.1 Å². The van der Waals surface area contributed by atoms with Crippen LogP contribution in [-0.2, 0) is 4.74 Å². The quantitative estimate of drug-likeness (QED) is 0.806. The van der Waals surface area contributed by atoms with Crippen LogP contribution in [0.4, 0.5) is 5.82 Å². The fraction of sp³-hybridized carbons (Fsp3) is 0.600. The van der Waals surface area contributed by atoms with Gasteiger partial charge in [0.1, 0.15) is 11.4 Å². The average molecular weight is 277 g/mol. The van der Waals surface area contributed by atoms with E-state index in [-0.39, 0.29) is 5.97 Å². The molecule has 0 aliphatic carbocycles. The van der Waals surface area contributed by atoms with E-state index in [0.29, 0.717) is 23.9 Å². The van der Waals surface area contributed by atoms with Crippen LogP contribution in [0.15, 0.2) is 18.3 Å². The molecule has 5 nitrogen and oxygen atoms in total. The number of aromatic nitrogens is 1. The number of hydrogen-bond donors (Lipinski definition) is 1. The lowest BCUT2D eigenvalue weighted by molar-refractivity contribution is 0.0527. The standard InChI is InChI=1S/C15H23N3O2/c1-3-18-9-7-12(11-18)10-17-14-13(6-5-8-16-14)15(19)20-4-2/h5-6,8,12H,3-4,7,9-11H2,1-2H3,(H,16,17). The Hall–Kier alpha value is -1.62. The molecule has 1 fully saturated rings. The second-order valence-corrected chi connectivity index (χ2v) is 5.05. The van der Waals surface area contributed by atoms with Crippen molar-refractivity contribution < 1.29 is 9.53 Å². The molecule has 1 aliphatic heterocycles. The van der Waals surface area contributed by atoms with Crippen molar-refractivity contribution in [1.82, 2.24) is 9.88 Å². The minimum Gasteiger partial charge on any atom is -0.462 e. The number of ether oxygens (including phenoxy) is 1.